The molecule has 0 atom stereocenters. The number of ether oxygens (including phenoxy) is 1. The van der Waals surface area contributed by atoms with Crippen LogP contribution in [0.3, 0.4) is 0 Å². The highest BCUT2D eigenvalue weighted by molar-refractivity contribution is 5.93. The fourth-order valence-electron chi connectivity index (χ4n) is 2.26. The second-order valence-electron chi connectivity index (χ2n) is 5.57. The Morgan fingerprint density at radius 3 is 2.85 bits per heavy atom. The van der Waals surface area contributed by atoms with Gasteiger partial charge >= 0.3 is 0 Å². The third kappa shape index (κ3) is 4.13. The van der Waals surface area contributed by atoms with E-state index in [1.165, 1.54) is 35.0 Å². The number of carbonyl (C=O) groups is 1. The van der Waals surface area contributed by atoms with Gasteiger partial charge in [-0.05, 0) is 24.3 Å². The van der Waals surface area contributed by atoms with E-state index in [9.17, 15) is 14.0 Å². The summed E-state index contributed by atoms with van der Waals surface area (Å²) < 4.78 is 20.3. The highest BCUT2D eigenvalue weighted by Crippen LogP contribution is 2.23. The van der Waals surface area contributed by atoms with Gasteiger partial charge in [0.1, 0.15) is 11.6 Å². The predicted octanol–water partition coefficient (Wildman–Crippen LogP) is 2.64. The molecule has 7 heteroatoms. The molecule has 3 rings (SSSR count). The number of benzene rings is 1. The molecular formula is C19H16FN3O3. The van der Waals surface area contributed by atoms with Crippen molar-refractivity contribution in [1.82, 2.24) is 14.9 Å². The van der Waals surface area contributed by atoms with E-state index in [4.69, 9.17) is 4.74 Å². The van der Waals surface area contributed by atoms with Gasteiger partial charge in [-0.2, -0.15) is 0 Å². The summed E-state index contributed by atoms with van der Waals surface area (Å²) in [5.41, 5.74) is 0.618. The van der Waals surface area contributed by atoms with E-state index in [1.54, 1.807) is 37.5 Å². The number of amides is 1. The molecule has 0 bridgehead atoms. The van der Waals surface area contributed by atoms with Crippen LogP contribution >= 0.6 is 0 Å². The van der Waals surface area contributed by atoms with Gasteiger partial charge < -0.3 is 14.6 Å². The minimum Gasteiger partial charge on any atom is -0.439 e. The van der Waals surface area contributed by atoms with Crippen molar-refractivity contribution in [3.63, 3.8) is 0 Å². The molecule has 1 N–H and O–H groups in total. The topological polar surface area (TPSA) is 73.2 Å². The van der Waals surface area contributed by atoms with Gasteiger partial charge in [0.25, 0.3) is 11.5 Å². The number of aromatic nitrogens is 2. The number of aryl methyl sites for hydroxylation is 1. The first-order valence-corrected chi connectivity index (χ1v) is 7.85. The van der Waals surface area contributed by atoms with Crippen molar-refractivity contribution >= 4 is 5.91 Å². The van der Waals surface area contributed by atoms with E-state index >= 15 is 0 Å². The van der Waals surface area contributed by atoms with Crippen LogP contribution in [0.25, 0.3) is 0 Å². The molecule has 0 aliphatic rings. The van der Waals surface area contributed by atoms with Gasteiger partial charge in [-0.3, -0.25) is 9.59 Å². The smallest absolute Gasteiger partial charge is 0.251 e. The summed E-state index contributed by atoms with van der Waals surface area (Å²) >= 11 is 0. The normalized spacial score (nSPS) is 10.4. The number of nitrogens with zero attached hydrogens (tertiary/aromatic N) is 2. The molecule has 0 aliphatic carbocycles. The fraction of sp³-hybridized carbons (Fsp3) is 0.105. The summed E-state index contributed by atoms with van der Waals surface area (Å²) in [5, 5.41) is 2.72. The minimum absolute atomic E-state index is 0.145. The van der Waals surface area contributed by atoms with Crippen molar-refractivity contribution in [2.75, 3.05) is 0 Å². The first-order chi connectivity index (χ1) is 12.5. The van der Waals surface area contributed by atoms with Crippen molar-refractivity contribution < 1.29 is 13.9 Å². The zero-order chi connectivity index (χ0) is 18.5. The quantitative estimate of drug-likeness (QED) is 0.765. The van der Waals surface area contributed by atoms with Crippen LogP contribution < -0.4 is 15.6 Å². The largest absolute Gasteiger partial charge is 0.439 e. The number of pyridine rings is 2. The highest BCUT2D eigenvalue weighted by Gasteiger charge is 2.10. The van der Waals surface area contributed by atoms with Crippen LogP contribution in [0, 0.1) is 5.82 Å². The molecule has 0 unspecified atom stereocenters. The maximum Gasteiger partial charge on any atom is 0.251 e. The summed E-state index contributed by atoms with van der Waals surface area (Å²) in [5.74, 6) is -0.229. The number of hydrogen-bond acceptors (Lipinski definition) is 4. The average Bonchev–Trinajstić information content (AvgIpc) is 2.63. The second-order valence-corrected chi connectivity index (χ2v) is 5.57. The zero-order valence-corrected chi connectivity index (χ0v) is 14.0. The predicted molar refractivity (Wildman–Crippen MR) is 93.6 cm³/mol. The maximum absolute atomic E-state index is 13.3. The standard InChI is InChI=1S/C19H16FN3O3/c1-23-9-7-13(10-17(23)24)18(25)22-12-14-4-3-8-21-19(14)26-16-6-2-5-15(20)11-16/h2-11H,12H2,1H3,(H,22,25). The molecule has 1 aromatic carbocycles. The number of nitrogens with one attached hydrogen (secondary N) is 1. The van der Waals surface area contributed by atoms with Crippen LogP contribution in [-0.2, 0) is 13.6 Å². The van der Waals surface area contributed by atoms with E-state index in [0.717, 1.165) is 0 Å². The average molecular weight is 353 g/mol. The molecule has 26 heavy (non-hydrogen) atoms. The zero-order valence-electron chi connectivity index (χ0n) is 14.0. The summed E-state index contributed by atoms with van der Waals surface area (Å²) in [6.07, 6.45) is 3.07. The van der Waals surface area contributed by atoms with Gasteiger partial charge in [-0.25, -0.2) is 9.37 Å². The molecule has 0 saturated carbocycles. The van der Waals surface area contributed by atoms with Gasteiger partial charge in [0.15, 0.2) is 0 Å². The monoisotopic (exact) mass is 353 g/mol. The lowest BCUT2D eigenvalue weighted by Crippen LogP contribution is -2.26. The van der Waals surface area contributed by atoms with Crippen molar-refractivity contribution in [2.45, 2.75) is 6.54 Å². The fourth-order valence-corrected chi connectivity index (χ4v) is 2.26. The Bertz CT molecular complexity index is 1000. The number of hydrogen-bond donors (Lipinski definition) is 1. The van der Waals surface area contributed by atoms with Crippen molar-refractivity contribution in [2.24, 2.45) is 7.05 Å². The van der Waals surface area contributed by atoms with E-state index in [-0.39, 0.29) is 29.5 Å². The van der Waals surface area contributed by atoms with Crippen LogP contribution in [0.5, 0.6) is 11.6 Å². The van der Waals surface area contributed by atoms with E-state index in [2.05, 4.69) is 10.3 Å². The SMILES string of the molecule is Cn1ccc(C(=O)NCc2cccnc2Oc2cccc(F)c2)cc1=O. The lowest BCUT2D eigenvalue weighted by Gasteiger charge is -2.11. The van der Waals surface area contributed by atoms with Crippen LogP contribution in [0.2, 0.25) is 0 Å². The van der Waals surface area contributed by atoms with E-state index < -0.39 is 5.82 Å². The van der Waals surface area contributed by atoms with Crippen LogP contribution in [0.15, 0.2) is 65.7 Å². The lowest BCUT2D eigenvalue weighted by molar-refractivity contribution is 0.0950. The van der Waals surface area contributed by atoms with E-state index in [1.807, 2.05) is 0 Å². The molecule has 132 valence electrons. The Morgan fingerprint density at radius 1 is 1.23 bits per heavy atom. The summed E-state index contributed by atoms with van der Waals surface area (Å²) in [6.45, 7) is 0.145. The third-order valence-electron chi connectivity index (χ3n) is 3.67. The Kier molecular flexibility index (Phi) is 5.07. The molecule has 0 saturated heterocycles. The molecule has 0 fully saturated rings. The second kappa shape index (κ2) is 7.60. The molecule has 2 heterocycles. The van der Waals surface area contributed by atoms with Crippen LogP contribution in [0.4, 0.5) is 4.39 Å². The van der Waals surface area contributed by atoms with Gasteiger partial charge in [-0.1, -0.05) is 12.1 Å². The van der Waals surface area contributed by atoms with E-state index in [0.29, 0.717) is 11.3 Å². The number of carbonyl (C=O) groups excluding carboxylic acids is 1. The molecule has 1 amide bonds. The van der Waals surface area contributed by atoms with Gasteiger partial charge in [0.05, 0.1) is 0 Å². The highest BCUT2D eigenvalue weighted by atomic mass is 19.1. The molecular weight excluding hydrogens is 337 g/mol. The molecule has 3 aromatic rings. The minimum atomic E-state index is -0.418. The van der Waals surface area contributed by atoms with Gasteiger partial charge in [0, 0.05) is 49.2 Å². The molecule has 6 nitrogen and oxygen atoms in total. The Hall–Kier alpha value is -3.48. The number of halogens is 1. The maximum atomic E-state index is 13.3. The Labute approximate surface area is 148 Å². The van der Waals surface area contributed by atoms with Gasteiger partial charge in [0.2, 0.25) is 5.88 Å². The Balaban J connectivity index is 1.73. The molecule has 0 spiro atoms. The van der Waals surface area contributed by atoms with Crippen LogP contribution in [-0.4, -0.2) is 15.5 Å². The summed E-state index contributed by atoms with van der Waals surface area (Å²) in [7, 11) is 1.61. The first-order valence-electron chi connectivity index (χ1n) is 7.85. The van der Waals surface area contributed by atoms with Crippen molar-refractivity contribution in [1.29, 1.82) is 0 Å². The van der Waals surface area contributed by atoms with Crippen LogP contribution in [0.1, 0.15) is 15.9 Å². The third-order valence-corrected chi connectivity index (χ3v) is 3.67. The first kappa shape index (κ1) is 17.3. The number of rotatable bonds is 5. The lowest BCUT2D eigenvalue weighted by atomic mass is 10.2. The Morgan fingerprint density at radius 2 is 2.08 bits per heavy atom. The van der Waals surface area contributed by atoms with Gasteiger partial charge in [-0.15, -0.1) is 0 Å². The van der Waals surface area contributed by atoms with Crippen molar-refractivity contribution in [3.05, 3.63) is 88.2 Å². The summed E-state index contributed by atoms with van der Waals surface area (Å²) in [4.78, 5) is 28.0. The molecule has 0 aliphatic heterocycles. The molecule has 0 radical (unpaired) electrons. The summed E-state index contributed by atoms with van der Waals surface area (Å²) in [6, 6.07) is 12.0. The molecule has 2 aromatic heterocycles. The van der Waals surface area contributed by atoms with Crippen molar-refractivity contribution in [3.8, 4) is 11.6 Å².